The maximum absolute atomic E-state index is 5.16. The van der Waals surface area contributed by atoms with Crippen LogP contribution in [0, 0.1) is 5.41 Å². The average Bonchev–Trinajstić information content (AvgIpc) is 2.76. The lowest BCUT2D eigenvalue weighted by Gasteiger charge is -2.26. The van der Waals surface area contributed by atoms with E-state index in [4.69, 9.17) is 4.74 Å². The third-order valence-corrected chi connectivity index (χ3v) is 3.56. The van der Waals surface area contributed by atoms with E-state index in [2.05, 4.69) is 48.8 Å². The predicted octanol–water partition coefficient (Wildman–Crippen LogP) is 3.94. The average molecular weight is 281 g/mol. The van der Waals surface area contributed by atoms with E-state index in [0.717, 1.165) is 12.5 Å². The van der Waals surface area contributed by atoms with Gasteiger partial charge < -0.3 is 14.6 Å². The molecule has 0 bridgehead atoms. The summed E-state index contributed by atoms with van der Waals surface area (Å²) in [6.45, 7) is 10.7. The van der Waals surface area contributed by atoms with Gasteiger partial charge in [-0.1, -0.05) is 40.0 Å². The van der Waals surface area contributed by atoms with Crippen LogP contribution in [0.25, 0.3) is 0 Å². The number of rotatable bonds is 10. The van der Waals surface area contributed by atoms with Gasteiger partial charge in [0.15, 0.2) is 0 Å². The fraction of sp³-hybridized carbons (Fsp3) is 0.812. The molecule has 0 aromatic carbocycles. The van der Waals surface area contributed by atoms with Gasteiger partial charge in [0.1, 0.15) is 0 Å². The van der Waals surface area contributed by atoms with Gasteiger partial charge in [-0.15, -0.1) is 0 Å². The lowest BCUT2D eigenvalue weighted by molar-refractivity contribution is 0.189. The molecule has 0 aliphatic heterocycles. The number of ether oxygens (including phenoxy) is 1. The van der Waals surface area contributed by atoms with Crippen molar-refractivity contribution in [2.75, 3.05) is 19.0 Å². The van der Waals surface area contributed by atoms with E-state index in [-0.39, 0.29) is 6.04 Å². The van der Waals surface area contributed by atoms with E-state index in [1.807, 2.05) is 6.20 Å². The predicted molar refractivity (Wildman–Crippen MR) is 85.1 cm³/mol. The lowest BCUT2D eigenvalue weighted by atomic mass is 9.87. The Morgan fingerprint density at radius 1 is 1.40 bits per heavy atom. The number of unbranched alkanes of at least 4 members (excludes halogenated alkanes) is 2. The van der Waals surface area contributed by atoms with Crippen molar-refractivity contribution in [3.8, 4) is 0 Å². The maximum Gasteiger partial charge on any atom is 0.203 e. The van der Waals surface area contributed by atoms with Crippen molar-refractivity contribution in [2.24, 2.45) is 5.41 Å². The molecule has 0 fully saturated rings. The molecule has 1 heterocycles. The second-order valence-electron chi connectivity index (χ2n) is 6.50. The Labute approximate surface area is 123 Å². The van der Waals surface area contributed by atoms with Crippen LogP contribution in [0.5, 0.6) is 0 Å². The molecule has 0 saturated heterocycles. The first-order chi connectivity index (χ1) is 9.48. The van der Waals surface area contributed by atoms with E-state index in [1.165, 1.54) is 25.7 Å². The number of nitrogens with one attached hydrogen (secondary N) is 1. The maximum atomic E-state index is 5.16. The molecule has 4 nitrogen and oxygen atoms in total. The molecule has 0 saturated carbocycles. The van der Waals surface area contributed by atoms with Crippen LogP contribution in [0.2, 0.25) is 0 Å². The first-order valence-corrected chi connectivity index (χ1v) is 7.75. The molecule has 0 radical (unpaired) electrons. The van der Waals surface area contributed by atoms with Crippen molar-refractivity contribution in [2.45, 2.75) is 66.0 Å². The smallest absolute Gasteiger partial charge is 0.203 e. The highest BCUT2D eigenvalue weighted by atomic mass is 16.5. The summed E-state index contributed by atoms with van der Waals surface area (Å²) < 4.78 is 7.38. The molecule has 0 amide bonds. The van der Waals surface area contributed by atoms with Crippen LogP contribution in [-0.2, 0) is 11.3 Å². The highest BCUT2D eigenvalue weighted by molar-refractivity contribution is 5.27. The molecule has 20 heavy (non-hydrogen) atoms. The molecule has 0 spiro atoms. The van der Waals surface area contributed by atoms with Gasteiger partial charge in [0.25, 0.3) is 0 Å². The molecule has 0 aliphatic carbocycles. The summed E-state index contributed by atoms with van der Waals surface area (Å²) >= 11 is 0. The van der Waals surface area contributed by atoms with E-state index in [0.29, 0.717) is 12.0 Å². The van der Waals surface area contributed by atoms with Gasteiger partial charge in [0, 0.05) is 32.1 Å². The number of imidazole rings is 1. The molecule has 0 aliphatic rings. The van der Waals surface area contributed by atoms with Crippen molar-refractivity contribution in [1.29, 1.82) is 0 Å². The first-order valence-electron chi connectivity index (χ1n) is 7.75. The Balaban J connectivity index is 2.56. The van der Waals surface area contributed by atoms with E-state index in [9.17, 15) is 0 Å². The second-order valence-corrected chi connectivity index (χ2v) is 6.50. The summed E-state index contributed by atoms with van der Waals surface area (Å²) in [5.74, 6) is 0.943. The molecule has 1 unspecified atom stereocenters. The van der Waals surface area contributed by atoms with Crippen molar-refractivity contribution in [3.05, 3.63) is 12.4 Å². The zero-order chi connectivity index (χ0) is 15.0. The largest absolute Gasteiger partial charge is 0.383 e. The van der Waals surface area contributed by atoms with Gasteiger partial charge in [0.2, 0.25) is 5.95 Å². The van der Waals surface area contributed by atoms with Crippen LogP contribution in [-0.4, -0.2) is 29.3 Å². The van der Waals surface area contributed by atoms with Crippen molar-refractivity contribution in [3.63, 3.8) is 0 Å². The highest BCUT2D eigenvalue weighted by Gasteiger charge is 2.19. The molecular formula is C16H31N3O. The van der Waals surface area contributed by atoms with Crippen LogP contribution >= 0.6 is 0 Å². The zero-order valence-corrected chi connectivity index (χ0v) is 13.8. The highest BCUT2D eigenvalue weighted by Crippen LogP contribution is 2.27. The topological polar surface area (TPSA) is 39.1 Å². The summed E-state index contributed by atoms with van der Waals surface area (Å²) in [5, 5.41) is 3.41. The molecule has 4 heteroatoms. The zero-order valence-electron chi connectivity index (χ0n) is 13.8. The summed E-state index contributed by atoms with van der Waals surface area (Å²) in [4.78, 5) is 4.42. The Hall–Kier alpha value is -1.03. The van der Waals surface area contributed by atoms with Gasteiger partial charge in [-0.25, -0.2) is 4.98 Å². The minimum absolute atomic E-state index is 0.268. The minimum Gasteiger partial charge on any atom is -0.383 e. The van der Waals surface area contributed by atoms with Gasteiger partial charge in [-0.05, 0) is 18.8 Å². The van der Waals surface area contributed by atoms with Crippen molar-refractivity contribution in [1.82, 2.24) is 9.55 Å². The van der Waals surface area contributed by atoms with Gasteiger partial charge in [0.05, 0.1) is 6.61 Å². The fourth-order valence-corrected chi connectivity index (χ4v) is 2.48. The molecule has 1 rings (SSSR count). The Bertz CT molecular complexity index is 374. The molecule has 116 valence electrons. The van der Waals surface area contributed by atoms with Crippen LogP contribution in [0.1, 0.15) is 53.4 Å². The fourth-order valence-electron chi connectivity index (χ4n) is 2.48. The third-order valence-electron chi connectivity index (χ3n) is 3.56. The normalized spacial score (nSPS) is 13.4. The number of hydrogen-bond acceptors (Lipinski definition) is 3. The number of methoxy groups -OCH3 is 1. The second kappa shape index (κ2) is 8.30. The van der Waals surface area contributed by atoms with E-state index >= 15 is 0 Å². The number of aromatic nitrogens is 2. The summed E-state index contributed by atoms with van der Waals surface area (Å²) in [6, 6.07) is 0.268. The molecular weight excluding hydrogens is 250 g/mol. The molecule has 1 aromatic heterocycles. The third kappa shape index (κ3) is 5.95. The number of nitrogens with zero attached hydrogens (tertiary/aromatic N) is 2. The Morgan fingerprint density at radius 2 is 2.15 bits per heavy atom. The Morgan fingerprint density at radius 3 is 2.80 bits per heavy atom. The number of anilines is 1. The summed E-state index contributed by atoms with van der Waals surface area (Å²) in [5.41, 5.74) is 0.302. The van der Waals surface area contributed by atoms with Crippen molar-refractivity contribution >= 4 is 5.95 Å². The standard InChI is InChI=1S/C16H31N3O/c1-6-7-8-9-16(3,4)13-19-11-10-17-15(19)18-14(2)12-20-5/h10-11,14H,6-9,12-13H2,1-5H3,(H,17,18). The lowest BCUT2D eigenvalue weighted by Crippen LogP contribution is -2.25. The van der Waals surface area contributed by atoms with Crippen LogP contribution < -0.4 is 5.32 Å². The SMILES string of the molecule is CCCCCC(C)(C)Cn1ccnc1NC(C)COC. The van der Waals surface area contributed by atoms with Crippen LogP contribution in [0.4, 0.5) is 5.95 Å². The van der Waals surface area contributed by atoms with Crippen LogP contribution in [0.3, 0.4) is 0 Å². The first kappa shape index (κ1) is 17.0. The van der Waals surface area contributed by atoms with E-state index in [1.54, 1.807) is 7.11 Å². The van der Waals surface area contributed by atoms with Gasteiger partial charge in [-0.2, -0.15) is 0 Å². The Kier molecular flexibility index (Phi) is 7.06. The van der Waals surface area contributed by atoms with Crippen molar-refractivity contribution < 1.29 is 4.74 Å². The molecule has 1 aromatic rings. The summed E-state index contributed by atoms with van der Waals surface area (Å²) in [6.07, 6.45) is 9.09. The monoisotopic (exact) mass is 281 g/mol. The van der Waals surface area contributed by atoms with Gasteiger partial charge in [-0.3, -0.25) is 0 Å². The minimum atomic E-state index is 0.268. The van der Waals surface area contributed by atoms with Crippen LogP contribution in [0.15, 0.2) is 12.4 Å². The number of hydrogen-bond donors (Lipinski definition) is 1. The summed E-state index contributed by atoms with van der Waals surface area (Å²) in [7, 11) is 1.72. The van der Waals surface area contributed by atoms with E-state index < -0.39 is 0 Å². The molecule has 1 N–H and O–H groups in total. The quantitative estimate of drug-likeness (QED) is 0.660. The molecule has 1 atom stereocenters. The van der Waals surface area contributed by atoms with Gasteiger partial charge >= 0.3 is 0 Å².